The van der Waals surface area contributed by atoms with E-state index in [4.69, 9.17) is 4.99 Å². The van der Waals surface area contributed by atoms with Crippen molar-refractivity contribution in [2.24, 2.45) is 10.1 Å². The zero-order chi connectivity index (χ0) is 16.9. The van der Waals surface area contributed by atoms with Gasteiger partial charge in [-0.1, -0.05) is 24.3 Å². The lowest BCUT2D eigenvalue weighted by atomic mass is 10.3. The minimum atomic E-state index is 0.833. The van der Waals surface area contributed by atoms with Crippen LogP contribution in [0.5, 0.6) is 0 Å². The van der Waals surface area contributed by atoms with Gasteiger partial charge in [-0.25, -0.2) is 9.67 Å². The van der Waals surface area contributed by atoms with Gasteiger partial charge in [-0.05, 0) is 41.3 Å². The molecule has 0 aliphatic heterocycles. The molecule has 25 heavy (non-hydrogen) atoms. The molecule has 3 heterocycles. The van der Waals surface area contributed by atoms with Crippen molar-refractivity contribution in [1.29, 1.82) is 0 Å². The number of para-hydroxylation sites is 1. The predicted octanol–water partition coefficient (Wildman–Crippen LogP) is 4.79. The summed E-state index contributed by atoms with van der Waals surface area (Å²) in [6, 6.07) is 17.9. The van der Waals surface area contributed by atoms with Crippen molar-refractivity contribution in [2.75, 3.05) is 0 Å². The van der Waals surface area contributed by atoms with Crippen molar-refractivity contribution in [3.05, 3.63) is 88.1 Å². The molecule has 0 spiro atoms. The normalized spacial score (nSPS) is 12.1. The van der Waals surface area contributed by atoms with Gasteiger partial charge in [0.1, 0.15) is 0 Å². The highest BCUT2D eigenvalue weighted by atomic mass is 32.1. The molecule has 0 atom stereocenters. The van der Waals surface area contributed by atoms with Gasteiger partial charge in [0.2, 0.25) is 4.80 Å². The first-order valence-electron chi connectivity index (χ1n) is 7.69. The van der Waals surface area contributed by atoms with E-state index < -0.39 is 0 Å². The van der Waals surface area contributed by atoms with Crippen LogP contribution >= 0.6 is 22.7 Å². The average molecular weight is 362 g/mol. The Morgan fingerprint density at radius 2 is 1.76 bits per heavy atom. The summed E-state index contributed by atoms with van der Waals surface area (Å²) in [5.41, 5.74) is 2.95. The lowest BCUT2D eigenvalue weighted by Gasteiger charge is -2.01. The zero-order valence-electron chi connectivity index (χ0n) is 13.2. The summed E-state index contributed by atoms with van der Waals surface area (Å²) >= 11 is 3.27. The highest BCUT2D eigenvalue weighted by molar-refractivity contribution is 7.14. The first kappa shape index (κ1) is 15.7. The highest BCUT2D eigenvalue weighted by Crippen LogP contribution is 2.25. The van der Waals surface area contributed by atoms with Crippen LogP contribution in [0.25, 0.3) is 10.6 Å². The lowest BCUT2D eigenvalue weighted by Crippen LogP contribution is -2.11. The second-order valence-electron chi connectivity index (χ2n) is 5.17. The summed E-state index contributed by atoms with van der Waals surface area (Å²) in [7, 11) is 0. The van der Waals surface area contributed by atoms with E-state index in [0.29, 0.717) is 0 Å². The first-order valence-corrected chi connectivity index (χ1v) is 9.45. The number of nitrogens with zero attached hydrogens (tertiary/aromatic N) is 4. The largest absolute Gasteiger partial charge is 0.265 e. The third kappa shape index (κ3) is 3.65. The molecule has 0 saturated heterocycles. The van der Waals surface area contributed by atoms with Gasteiger partial charge in [-0.3, -0.25) is 4.98 Å². The molecule has 4 nitrogen and oxygen atoms in total. The molecule has 1 aromatic carbocycles. The third-order valence-electron chi connectivity index (χ3n) is 3.47. The molecule has 0 aliphatic rings. The smallest absolute Gasteiger partial charge is 0.211 e. The Morgan fingerprint density at radius 3 is 2.52 bits per heavy atom. The second kappa shape index (κ2) is 7.38. The van der Waals surface area contributed by atoms with E-state index in [2.05, 4.69) is 26.9 Å². The molecule has 0 fully saturated rings. The maximum Gasteiger partial charge on any atom is 0.211 e. The van der Waals surface area contributed by atoms with E-state index in [1.165, 1.54) is 0 Å². The van der Waals surface area contributed by atoms with Crippen LogP contribution in [-0.4, -0.2) is 15.9 Å². The van der Waals surface area contributed by atoms with E-state index in [1.807, 2.05) is 59.4 Å². The van der Waals surface area contributed by atoms with E-state index in [1.54, 1.807) is 35.1 Å². The van der Waals surface area contributed by atoms with Crippen LogP contribution in [0, 0.1) is 0 Å². The number of thiazole rings is 1. The Balaban J connectivity index is 1.83. The Bertz CT molecular complexity index is 1030. The van der Waals surface area contributed by atoms with Crippen LogP contribution < -0.4 is 4.80 Å². The SMILES string of the molecule is C(=Nn1c(-c2cccs2)csc1=Nc1ccccc1)c1ccncc1. The molecule has 0 amide bonds. The number of aromatic nitrogens is 2. The maximum atomic E-state index is 4.74. The quantitative estimate of drug-likeness (QED) is 0.481. The van der Waals surface area contributed by atoms with Crippen LogP contribution in [0.2, 0.25) is 0 Å². The van der Waals surface area contributed by atoms with E-state index in [0.717, 1.165) is 26.6 Å². The molecule has 0 aliphatic carbocycles. The van der Waals surface area contributed by atoms with Crippen LogP contribution in [0.1, 0.15) is 5.56 Å². The van der Waals surface area contributed by atoms with Crippen molar-refractivity contribution in [1.82, 2.24) is 9.66 Å². The fourth-order valence-corrected chi connectivity index (χ4v) is 3.92. The summed E-state index contributed by atoms with van der Waals surface area (Å²) < 4.78 is 1.89. The minimum Gasteiger partial charge on any atom is -0.265 e. The van der Waals surface area contributed by atoms with E-state index in [-0.39, 0.29) is 0 Å². The van der Waals surface area contributed by atoms with Crippen LogP contribution in [0.4, 0.5) is 5.69 Å². The molecule has 4 aromatic rings. The standard InChI is InChI=1S/C19H14N4S2/c1-2-5-16(6-3-1)22-19-23(21-13-15-8-10-20-11-9-15)17(14-25-19)18-7-4-12-24-18/h1-14H. The van der Waals surface area contributed by atoms with Gasteiger partial charge < -0.3 is 0 Å². The fraction of sp³-hybridized carbons (Fsp3) is 0. The Morgan fingerprint density at radius 1 is 0.920 bits per heavy atom. The Hall–Kier alpha value is -2.83. The molecule has 0 N–H and O–H groups in total. The number of benzene rings is 1. The molecule has 6 heteroatoms. The van der Waals surface area contributed by atoms with Crippen molar-refractivity contribution < 1.29 is 0 Å². The zero-order valence-corrected chi connectivity index (χ0v) is 14.8. The molecule has 0 unspecified atom stereocenters. The van der Waals surface area contributed by atoms with Gasteiger partial charge in [0, 0.05) is 17.8 Å². The summed E-state index contributed by atoms with van der Waals surface area (Å²) in [6.07, 6.45) is 5.35. The second-order valence-corrected chi connectivity index (χ2v) is 6.95. The molecular weight excluding hydrogens is 348 g/mol. The lowest BCUT2D eigenvalue weighted by molar-refractivity contribution is 0.856. The van der Waals surface area contributed by atoms with Gasteiger partial charge in [0.05, 0.1) is 22.5 Å². The highest BCUT2D eigenvalue weighted by Gasteiger charge is 2.08. The summed E-state index contributed by atoms with van der Waals surface area (Å²) in [4.78, 5) is 10.8. The van der Waals surface area contributed by atoms with Crippen LogP contribution in [0.3, 0.4) is 0 Å². The number of hydrogen-bond acceptors (Lipinski definition) is 5. The molecule has 3 aromatic heterocycles. The minimum absolute atomic E-state index is 0.833. The Labute approximate surface area is 153 Å². The molecular formula is C19H14N4S2. The molecule has 0 bridgehead atoms. The average Bonchev–Trinajstić information content (AvgIpc) is 3.31. The van der Waals surface area contributed by atoms with Crippen LogP contribution in [-0.2, 0) is 0 Å². The topological polar surface area (TPSA) is 42.5 Å². The van der Waals surface area contributed by atoms with Crippen molar-refractivity contribution >= 4 is 34.6 Å². The summed E-state index contributed by atoms with van der Waals surface area (Å²) in [6.45, 7) is 0. The van der Waals surface area contributed by atoms with Gasteiger partial charge in [-0.2, -0.15) is 5.10 Å². The van der Waals surface area contributed by atoms with E-state index >= 15 is 0 Å². The van der Waals surface area contributed by atoms with E-state index in [9.17, 15) is 0 Å². The van der Waals surface area contributed by atoms with Gasteiger partial charge in [0.15, 0.2) is 0 Å². The number of rotatable bonds is 4. The number of thiophene rings is 1. The summed E-state index contributed by atoms with van der Waals surface area (Å²) in [5.74, 6) is 0. The molecule has 122 valence electrons. The van der Waals surface area contributed by atoms with Crippen molar-refractivity contribution in [3.63, 3.8) is 0 Å². The fourth-order valence-electron chi connectivity index (χ4n) is 2.27. The van der Waals surface area contributed by atoms with Crippen LogP contribution in [0.15, 0.2) is 87.8 Å². The third-order valence-corrected chi connectivity index (χ3v) is 5.18. The van der Waals surface area contributed by atoms with Gasteiger partial charge in [-0.15, -0.1) is 22.7 Å². The van der Waals surface area contributed by atoms with Crippen molar-refractivity contribution in [2.45, 2.75) is 0 Å². The van der Waals surface area contributed by atoms with Gasteiger partial charge >= 0.3 is 0 Å². The predicted molar refractivity (Wildman–Crippen MR) is 105 cm³/mol. The number of hydrogen-bond donors (Lipinski definition) is 0. The van der Waals surface area contributed by atoms with Gasteiger partial charge in [0.25, 0.3) is 0 Å². The van der Waals surface area contributed by atoms with Crippen molar-refractivity contribution in [3.8, 4) is 10.6 Å². The molecule has 0 radical (unpaired) electrons. The first-order chi connectivity index (χ1) is 12.4. The number of pyridine rings is 1. The monoisotopic (exact) mass is 362 g/mol. The molecule has 0 saturated carbocycles. The summed E-state index contributed by atoms with van der Waals surface area (Å²) in [5, 5.41) is 8.84. The molecule has 4 rings (SSSR count). The maximum absolute atomic E-state index is 4.74. The Kier molecular flexibility index (Phi) is 4.63.